The average Bonchev–Trinajstić information content (AvgIpc) is 2.58. The van der Waals surface area contributed by atoms with E-state index in [1.54, 1.807) is 12.1 Å². The number of carbonyl (C=O) groups excluding carboxylic acids is 1. The van der Waals surface area contributed by atoms with Crippen LogP contribution in [0.4, 0.5) is 18.9 Å². The number of alkyl halides is 3. The topological polar surface area (TPSA) is 32.3 Å². The number of hydrogen-bond acceptors (Lipinski definition) is 2. The van der Waals surface area contributed by atoms with E-state index >= 15 is 0 Å². The molecule has 0 aliphatic heterocycles. The highest BCUT2D eigenvalue weighted by Crippen LogP contribution is 2.29. The van der Waals surface area contributed by atoms with Crippen LogP contribution in [0.15, 0.2) is 48.5 Å². The van der Waals surface area contributed by atoms with Crippen LogP contribution >= 0.6 is 0 Å². The van der Waals surface area contributed by atoms with Crippen molar-refractivity contribution in [3.05, 3.63) is 65.2 Å². The molecule has 25 heavy (non-hydrogen) atoms. The van der Waals surface area contributed by atoms with Crippen molar-refractivity contribution in [2.75, 3.05) is 25.5 Å². The highest BCUT2D eigenvalue weighted by atomic mass is 19.4. The van der Waals surface area contributed by atoms with Gasteiger partial charge in [-0.25, -0.2) is 0 Å². The van der Waals surface area contributed by atoms with E-state index in [2.05, 4.69) is 17.2 Å². The molecule has 0 aliphatic carbocycles. The summed E-state index contributed by atoms with van der Waals surface area (Å²) in [6.45, 7) is 0.0461. The summed E-state index contributed by atoms with van der Waals surface area (Å²) in [4.78, 5) is 13.9. The summed E-state index contributed by atoms with van der Waals surface area (Å²) in [5.74, 6) is 4.98. The third kappa shape index (κ3) is 5.28. The largest absolute Gasteiger partial charge is 0.416 e. The van der Waals surface area contributed by atoms with Gasteiger partial charge in [0.1, 0.15) is 0 Å². The Morgan fingerprint density at radius 1 is 1.12 bits per heavy atom. The highest BCUT2D eigenvalue weighted by molar-refractivity contribution is 5.94. The van der Waals surface area contributed by atoms with Gasteiger partial charge in [0, 0.05) is 30.9 Å². The fourth-order valence-electron chi connectivity index (χ4n) is 2.06. The quantitative estimate of drug-likeness (QED) is 0.862. The molecule has 1 amide bonds. The normalized spacial score (nSPS) is 10.6. The Hall–Kier alpha value is -2.94. The minimum absolute atomic E-state index is 0.0461. The molecule has 0 heterocycles. The van der Waals surface area contributed by atoms with E-state index in [-0.39, 0.29) is 18.0 Å². The lowest BCUT2D eigenvalue weighted by Crippen LogP contribution is -2.23. The van der Waals surface area contributed by atoms with Gasteiger partial charge in [-0.1, -0.05) is 17.9 Å². The summed E-state index contributed by atoms with van der Waals surface area (Å²) in [7, 11) is 3.80. The first kappa shape index (κ1) is 18.4. The SMILES string of the molecule is CN(C)c1ccc(C(=O)NCC#Cc2cccc(C(F)(F)F)c2)cc1. The lowest BCUT2D eigenvalue weighted by Gasteiger charge is -2.12. The number of nitrogens with zero attached hydrogens (tertiary/aromatic N) is 1. The van der Waals surface area contributed by atoms with Crippen molar-refractivity contribution in [2.45, 2.75) is 6.18 Å². The summed E-state index contributed by atoms with van der Waals surface area (Å²) in [5, 5.41) is 2.61. The molecule has 2 aromatic rings. The number of benzene rings is 2. The molecule has 0 unspecified atom stereocenters. The summed E-state index contributed by atoms with van der Waals surface area (Å²) in [5.41, 5.74) is 0.969. The number of rotatable bonds is 3. The number of anilines is 1. The molecule has 0 spiro atoms. The van der Waals surface area contributed by atoms with E-state index in [1.807, 2.05) is 31.1 Å². The van der Waals surface area contributed by atoms with Gasteiger partial charge in [0.25, 0.3) is 5.91 Å². The van der Waals surface area contributed by atoms with Gasteiger partial charge >= 0.3 is 6.18 Å². The van der Waals surface area contributed by atoms with E-state index in [1.165, 1.54) is 12.1 Å². The molecule has 1 N–H and O–H groups in total. The van der Waals surface area contributed by atoms with Crippen molar-refractivity contribution in [3.8, 4) is 11.8 Å². The highest BCUT2D eigenvalue weighted by Gasteiger charge is 2.30. The molecule has 0 bridgehead atoms. The van der Waals surface area contributed by atoms with Gasteiger partial charge in [-0.15, -0.1) is 0 Å². The Bertz CT molecular complexity index is 800. The third-order valence-electron chi connectivity index (χ3n) is 3.41. The Kier molecular flexibility index (Phi) is 5.71. The monoisotopic (exact) mass is 346 g/mol. The Labute approximate surface area is 144 Å². The van der Waals surface area contributed by atoms with Crippen molar-refractivity contribution in [1.82, 2.24) is 5.32 Å². The maximum Gasteiger partial charge on any atom is 0.416 e. The second-order valence-electron chi connectivity index (χ2n) is 5.50. The van der Waals surface area contributed by atoms with E-state index in [0.717, 1.165) is 17.8 Å². The molecular weight excluding hydrogens is 329 g/mol. The molecule has 130 valence electrons. The molecule has 0 saturated heterocycles. The molecule has 2 aromatic carbocycles. The van der Waals surface area contributed by atoms with Crippen LogP contribution in [0.2, 0.25) is 0 Å². The van der Waals surface area contributed by atoms with Crippen LogP contribution in [-0.2, 0) is 6.18 Å². The van der Waals surface area contributed by atoms with Gasteiger partial charge < -0.3 is 10.2 Å². The first-order valence-corrected chi connectivity index (χ1v) is 7.49. The van der Waals surface area contributed by atoms with Gasteiger partial charge in [-0.2, -0.15) is 13.2 Å². The molecule has 2 rings (SSSR count). The fourth-order valence-corrected chi connectivity index (χ4v) is 2.06. The predicted molar refractivity (Wildman–Crippen MR) is 91.4 cm³/mol. The number of carbonyl (C=O) groups is 1. The number of halogens is 3. The summed E-state index contributed by atoms with van der Waals surface area (Å²) >= 11 is 0. The van der Waals surface area contributed by atoms with Crippen LogP contribution in [0.5, 0.6) is 0 Å². The van der Waals surface area contributed by atoms with Gasteiger partial charge in [0.15, 0.2) is 0 Å². The zero-order chi connectivity index (χ0) is 18.4. The van der Waals surface area contributed by atoms with Crippen LogP contribution in [0.1, 0.15) is 21.5 Å². The number of amides is 1. The van der Waals surface area contributed by atoms with Crippen LogP contribution in [-0.4, -0.2) is 26.5 Å². The molecule has 0 radical (unpaired) electrons. The van der Waals surface area contributed by atoms with Crippen LogP contribution < -0.4 is 10.2 Å². The van der Waals surface area contributed by atoms with Crippen LogP contribution in [0.3, 0.4) is 0 Å². The molecule has 0 fully saturated rings. The standard InChI is InChI=1S/C19H17F3N2O/c1-24(2)17-10-8-15(9-11-17)18(25)23-12-4-6-14-5-3-7-16(13-14)19(20,21)22/h3,5,7-11,13H,12H2,1-2H3,(H,23,25). The maximum atomic E-state index is 12.6. The van der Waals surface area contributed by atoms with Crippen molar-refractivity contribution in [2.24, 2.45) is 0 Å². The van der Waals surface area contributed by atoms with Gasteiger partial charge in [0.2, 0.25) is 0 Å². The van der Waals surface area contributed by atoms with Crippen molar-refractivity contribution < 1.29 is 18.0 Å². The molecule has 6 heteroatoms. The Balaban J connectivity index is 1.95. The molecule has 0 atom stereocenters. The molecule has 0 aromatic heterocycles. The molecule has 0 saturated carbocycles. The third-order valence-corrected chi connectivity index (χ3v) is 3.41. The number of hydrogen-bond donors (Lipinski definition) is 1. The lowest BCUT2D eigenvalue weighted by molar-refractivity contribution is -0.137. The summed E-state index contributed by atoms with van der Waals surface area (Å²) < 4.78 is 37.9. The Morgan fingerprint density at radius 2 is 1.80 bits per heavy atom. The molecule has 0 aliphatic rings. The van der Waals surface area contributed by atoms with Crippen molar-refractivity contribution in [1.29, 1.82) is 0 Å². The minimum atomic E-state index is -4.40. The van der Waals surface area contributed by atoms with E-state index in [9.17, 15) is 18.0 Å². The Morgan fingerprint density at radius 3 is 2.40 bits per heavy atom. The first-order valence-electron chi connectivity index (χ1n) is 7.49. The van der Waals surface area contributed by atoms with E-state index < -0.39 is 11.7 Å². The zero-order valence-electron chi connectivity index (χ0n) is 13.8. The molecule has 3 nitrogen and oxygen atoms in total. The maximum absolute atomic E-state index is 12.6. The first-order chi connectivity index (χ1) is 11.8. The number of nitrogens with one attached hydrogen (secondary N) is 1. The molecular formula is C19H17F3N2O. The summed E-state index contributed by atoms with van der Waals surface area (Å²) in [6, 6.07) is 11.8. The predicted octanol–water partition coefficient (Wildman–Crippen LogP) is 3.55. The fraction of sp³-hybridized carbons (Fsp3) is 0.211. The van der Waals surface area contributed by atoms with Gasteiger partial charge in [-0.05, 0) is 42.5 Å². The second kappa shape index (κ2) is 7.75. The van der Waals surface area contributed by atoms with Crippen LogP contribution in [0, 0.1) is 11.8 Å². The van der Waals surface area contributed by atoms with Gasteiger partial charge in [-0.3, -0.25) is 4.79 Å². The summed E-state index contributed by atoms with van der Waals surface area (Å²) in [6.07, 6.45) is -4.40. The average molecular weight is 346 g/mol. The van der Waals surface area contributed by atoms with Crippen molar-refractivity contribution >= 4 is 11.6 Å². The van der Waals surface area contributed by atoms with Gasteiger partial charge in [0.05, 0.1) is 12.1 Å². The van der Waals surface area contributed by atoms with E-state index in [0.29, 0.717) is 5.56 Å². The zero-order valence-corrected chi connectivity index (χ0v) is 13.8. The second-order valence-corrected chi connectivity index (χ2v) is 5.50. The van der Waals surface area contributed by atoms with E-state index in [4.69, 9.17) is 0 Å². The van der Waals surface area contributed by atoms with Crippen LogP contribution in [0.25, 0.3) is 0 Å². The lowest BCUT2D eigenvalue weighted by atomic mass is 10.1. The smallest absolute Gasteiger partial charge is 0.378 e. The van der Waals surface area contributed by atoms with Crippen molar-refractivity contribution in [3.63, 3.8) is 0 Å². The minimum Gasteiger partial charge on any atom is -0.378 e.